The molecule has 0 heterocycles. The Hall–Kier alpha value is -0.590. The summed E-state index contributed by atoms with van der Waals surface area (Å²) < 4.78 is 12.3. The standard InChI is InChI=1S/C9H15F/c1-5-9(7(2)3)6-8(4)10/h6H,5H2,1-4H3/b8-6+. The lowest BCUT2D eigenvalue weighted by atomic mass is 10.1. The fourth-order valence-electron chi connectivity index (χ4n) is 0.840. The second kappa shape index (κ2) is 4.26. The average Bonchev–Trinajstić information content (AvgIpc) is 1.81. The van der Waals surface area contributed by atoms with Crippen LogP contribution < -0.4 is 0 Å². The average molecular weight is 142 g/mol. The van der Waals surface area contributed by atoms with E-state index in [9.17, 15) is 4.39 Å². The van der Waals surface area contributed by atoms with E-state index in [2.05, 4.69) is 0 Å². The van der Waals surface area contributed by atoms with Gasteiger partial charge in [0.15, 0.2) is 0 Å². The zero-order chi connectivity index (χ0) is 8.15. The molecule has 0 saturated heterocycles. The summed E-state index contributed by atoms with van der Waals surface area (Å²) in [5.74, 6) is -0.113. The quantitative estimate of drug-likeness (QED) is 0.517. The zero-order valence-corrected chi connectivity index (χ0v) is 7.16. The van der Waals surface area contributed by atoms with Crippen molar-refractivity contribution in [2.75, 3.05) is 0 Å². The molecule has 1 heteroatoms. The molecule has 0 saturated carbocycles. The smallest absolute Gasteiger partial charge is 0.0971 e. The van der Waals surface area contributed by atoms with Crippen LogP contribution in [0.4, 0.5) is 4.39 Å². The third-order valence-corrected chi connectivity index (χ3v) is 1.40. The maximum Gasteiger partial charge on any atom is 0.0971 e. The van der Waals surface area contributed by atoms with E-state index in [-0.39, 0.29) is 5.83 Å². The van der Waals surface area contributed by atoms with Crippen molar-refractivity contribution in [3.63, 3.8) is 0 Å². The van der Waals surface area contributed by atoms with Crippen LogP contribution in [-0.4, -0.2) is 0 Å². The van der Waals surface area contributed by atoms with Crippen LogP contribution in [0.1, 0.15) is 34.1 Å². The van der Waals surface area contributed by atoms with Crippen LogP contribution in [-0.2, 0) is 0 Å². The van der Waals surface area contributed by atoms with Gasteiger partial charge in [-0.1, -0.05) is 12.5 Å². The van der Waals surface area contributed by atoms with Crippen LogP contribution in [0.2, 0.25) is 0 Å². The first-order valence-electron chi connectivity index (χ1n) is 3.58. The lowest BCUT2D eigenvalue weighted by Gasteiger charge is -1.99. The molecule has 10 heavy (non-hydrogen) atoms. The molecule has 0 spiro atoms. The van der Waals surface area contributed by atoms with E-state index in [1.54, 1.807) is 6.08 Å². The molecular weight excluding hydrogens is 127 g/mol. The van der Waals surface area contributed by atoms with E-state index in [1.807, 2.05) is 20.8 Å². The molecule has 0 aliphatic carbocycles. The largest absolute Gasteiger partial charge is 0.212 e. The van der Waals surface area contributed by atoms with Gasteiger partial charge in [-0.25, -0.2) is 4.39 Å². The molecule has 0 N–H and O–H groups in total. The highest BCUT2D eigenvalue weighted by molar-refractivity contribution is 5.24. The zero-order valence-electron chi connectivity index (χ0n) is 7.16. The lowest BCUT2D eigenvalue weighted by Crippen LogP contribution is -1.79. The van der Waals surface area contributed by atoms with Crippen LogP contribution in [0, 0.1) is 0 Å². The molecule has 0 rings (SSSR count). The molecule has 0 fully saturated rings. The Bertz CT molecular complexity index is 156. The summed E-state index contributed by atoms with van der Waals surface area (Å²) >= 11 is 0. The highest BCUT2D eigenvalue weighted by Crippen LogP contribution is 2.11. The summed E-state index contributed by atoms with van der Waals surface area (Å²) in [6.45, 7) is 7.50. The Morgan fingerprint density at radius 1 is 1.30 bits per heavy atom. The minimum absolute atomic E-state index is 0.113. The number of hydrogen-bond acceptors (Lipinski definition) is 0. The highest BCUT2D eigenvalue weighted by atomic mass is 19.1. The van der Waals surface area contributed by atoms with Gasteiger partial charge in [0.2, 0.25) is 0 Å². The van der Waals surface area contributed by atoms with Crippen LogP contribution in [0.25, 0.3) is 0 Å². The van der Waals surface area contributed by atoms with E-state index in [0.717, 1.165) is 12.0 Å². The predicted molar refractivity (Wildman–Crippen MR) is 43.5 cm³/mol. The predicted octanol–water partition coefficient (Wildman–Crippen LogP) is 3.61. The second-order valence-corrected chi connectivity index (χ2v) is 2.61. The van der Waals surface area contributed by atoms with Crippen molar-refractivity contribution in [1.29, 1.82) is 0 Å². The minimum atomic E-state index is -0.113. The normalized spacial score (nSPS) is 11.5. The van der Waals surface area contributed by atoms with E-state index in [4.69, 9.17) is 0 Å². The van der Waals surface area contributed by atoms with Gasteiger partial charge in [-0.05, 0) is 38.8 Å². The van der Waals surface area contributed by atoms with Crippen LogP contribution in [0.3, 0.4) is 0 Å². The fraction of sp³-hybridized carbons (Fsp3) is 0.556. The maximum absolute atomic E-state index is 12.3. The third-order valence-electron chi connectivity index (χ3n) is 1.40. The SMILES string of the molecule is CCC(/C=C(\C)F)=C(C)C. The van der Waals surface area contributed by atoms with Gasteiger partial charge in [0.05, 0.1) is 5.83 Å². The first-order valence-corrected chi connectivity index (χ1v) is 3.58. The monoisotopic (exact) mass is 142 g/mol. The number of halogens is 1. The number of hydrogen-bond donors (Lipinski definition) is 0. The van der Waals surface area contributed by atoms with E-state index >= 15 is 0 Å². The molecule has 0 aromatic rings. The highest BCUT2D eigenvalue weighted by Gasteiger charge is 1.92. The Morgan fingerprint density at radius 3 is 1.90 bits per heavy atom. The first-order chi connectivity index (χ1) is 4.57. The number of allylic oxidation sites excluding steroid dienone is 4. The molecule has 58 valence electrons. The van der Waals surface area contributed by atoms with Crippen LogP contribution in [0.5, 0.6) is 0 Å². The summed E-state index contributed by atoms with van der Waals surface area (Å²) in [6.07, 6.45) is 2.50. The van der Waals surface area contributed by atoms with E-state index in [0.29, 0.717) is 0 Å². The summed E-state index contributed by atoms with van der Waals surface area (Å²) in [5.41, 5.74) is 2.29. The Morgan fingerprint density at radius 2 is 1.80 bits per heavy atom. The summed E-state index contributed by atoms with van der Waals surface area (Å²) in [6, 6.07) is 0. The fourth-order valence-corrected chi connectivity index (χ4v) is 0.840. The van der Waals surface area contributed by atoms with Crippen LogP contribution >= 0.6 is 0 Å². The molecule has 0 unspecified atom stereocenters. The topological polar surface area (TPSA) is 0 Å². The van der Waals surface area contributed by atoms with Gasteiger partial charge in [0.1, 0.15) is 0 Å². The third kappa shape index (κ3) is 3.44. The van der Waals surface area contributed by atoms with Gasteiger partial charge in [-0.15, -0.1) is 0 Å². The number of rotatable bonds is 2. The first kappa shape index (κ1) is 9.41. The molecule has 0 radical (unpaired) electrons. The van der Waals surface area contributed by atoms with Gasteiger partial charge >= 0.3 is 0 Å². The lowest BCUT2D eigenvalue weighted by molar-refractivity contribution is 0.638. The molecule has 0 nitrogen and oxygen atoms in total. The van der Waals surface area contributed by atoms with Crippen molar-refractivity contribution in [2.45, 2.75) is 34.1 Å². The molecule has 0 aliphatic rings. The second-order valence-electron chi connectivity index (χ2n) is 2.61. The molecule has 0 aromatic carbocycles. The molecule has 0 aromatic heterocycles. The Kier molecular flexibility index (Phi) is 4.01. The summed E-state index contributed by atoms with van der Waals surface area (Å²) in [5, 5.41) is 0. The summed E-state index contributed by atoms with van der Waals surface area (Å²) in [4.78, 5) is 0. The molecule has 0 amide bonds. The van der Waals surface area contributed by atoms with Crippen molar-refractivity contribution in [3.8, 4) is 0 Å². The minimum Gasteiger partial charge on any atom is -0.212 e. The van der Waals surface area contributed by atoms with Gasteiger partial charge in [0, 0.05) is 0 Å². The van der Waals surface area contributed by atoms with Gasteiger partial charge in [-0.2, -0.15) is 0 Å². The van der Waals surface area contributed by atoms with Gasteiger partial charge < -0.3 is 0 Å². The maximum atomic E-state index is 12.3. The summed E-state index contributed by atoms with van der Waals surface area (Å²) in [7, 11) is 0. The molecule has 0 bridgehead atoms. The van der Waals surface area contributed by atoms with Crippen molar-refractivity contribution in [3.05, 3.63) is 23.0 Å². The van der Waals surface area contributed by atoms with E-state index < -0.39 is 0 Å². The van der Waals surface area contributed by atoms with Crippen molar-refractivity contribution in [2.24, 2.45) is 0 Å². The van der Waals surface area contributed by atoms with Gasteiger partial charge in [0.25, 0.3) is 0 Å². The van der Waals surface area contributed by atoms with Crippen molar-refractivity contribution >= 4 is 0 Å². The van der Waals surface area contributed by atoms with E-state index in [1.165, 1.54) is 12.5 Å². The van der Waals surface area contributed by atoms with Crippen molar-refractivity contribution < 1.29 is 4.39 Å². The molecular formula is C9H15F. The van der Waals surface area contributed by atoms with Crippen molar-refractivity contribution in [1.82, 2.24) is 0 Å². The Labute approximate surface area is 62.4 Å². The molecule has 0 aliphatic heterocycles. The van der Waals surface area contributed by atoms with Crippen LogP contribution in [0.15, 0.2) is 23.0 Å². The molecule has 0 atom stereocenters. The Balaban J connectivity index is 4.40. The van der Waals surface area contributed by atoms with Gasteiger partial charge in [-0.3, -0.25) is 0 Å².